The van der Waals surface area contributed by atoms with Crippen LogP contribution in [-0.4, -0.2) is 16.9 Å². The summed E-state index contributed by atoms with van der Waals surface area (Å²) in [6.45, 7) is 2.03. The van der Waals surface area contributed by atoms with E-state index in [1.54, 1.807) is 0 Å². The van der Waals surface area contributed by atoms with Crippen LogP contribution in [0.1, 0.15) is 11.1 Å². The quantitative estimate of drug-likeness (QED) is 0.711. The van der Waals surface area contributed by atoms with Gasteiger partial charge in [0.25, 0.3) is 0 Å². The number of amides is 1. The molecule has 4 nitrogen and oxygen atoms in total. The Hall–Kier alpha value is -1.81. The van der Waals surface area contributed by atoms with Gasteiger partial charge in [0.1, 0.15) is 0 Å². The van der Waals surface area contributed by atoms with E-state index in [2.05, 4.69) is 11.1 Å². The first-order valence-corrected chi connectivity index (χ1v) is 5.19. The molecule has 0 saturated carbocycles. The Morgan fingerprint density at radius 2 is 2.25 bits per heavy atom. The molecule has 2 rings (SSSR count). The van der Waals surface area contributed by atoms with Gasteiger partial charge in [0, 0.05) is 17.1 Å². The van der Waals surface area contributed by atoms with Crippen molar-refractivity contribution in [2.45, 2.75) is 19.4 Å². The Balaban J connectivity index is 2.37. The summed E-state index contributed by atoms with van der Waals surface area (Å²) in [6, 6.07) is 5.51. The predicted octanol–water partition coefficient (Wildman–Crippen LogP) is 0.831. The van der Waals surface area contributed by atoms with Gasteiger partial charge in [-0.15, -0.1) is 0 Å². The highest BCUT2D eigenvalue weighted by molar-refractivity contribution is 5.85. The van der Waals surface area contributed by atoms with Crippen molar-refractivity contribution in [2.24, 2.45) is 11.5 Å². The van der Waals surface area contributed by atoms with Gasteiger partial charge < -0.3 is 16.5 Å². The number of aromatic nitrogens is 1. The molecular weight excluding hydrogens is 202 g/mol. The van der Waals surface area contributed by atoms with Crippen molar-refractivity contribution in [3.63, 3.8) is 0 Å². The Kier molecular flexibility index (Phi) is 2.66. The van der Waals surface area contributed by atoms with E-state index in [0.29, 0.717) is 6.42 Å². The van der Waals surface area contributed by atoms with E-state index in [1.165, 1.54) is 5.56 Å². The van der Waals surface area contributed by atoms with Crippen molar-refractivity contribution < 1.29 is 4.79 Å². The first-order chi connectivity index (χ1) is 7.58. The molecule has 1 unspecified atom stereocenters. The molecule has 1 amide bonds. The second kappa shape index (κ2) is 3.98. The fraction of sp³-hybridized carbons (Fsp3) is 0.250. The van der Waals surface area contributed by atoms with Crippen LogP contribution in [0.2, 0.25) is 0 Å². The third kappa shape index (κ3) is 1.92. The molecule has 1 atom stereocenters. The molecule has 0 fully saturated rings. The summed E-state index contributed by atoms with van der Waals surface area (Å²) in [5.41, 5.74) is 14.1. The number of hydrogen-bond acceptors (Lipinski definition) is 2. The molecule has 2 aromatic rings. The van der Waals surface area contributed by atoms with Crippen LogP contribution in [0.25, 0.3) is 10.9 Å². The van der Waals surface area contributed by atoms with Crippen LogP contribution >= 0.6 is 0 Å². The van der Waals surface area contributed by atoms with Crippen molar-refractivity contribution in [1.82, 2.24) is 4.98 Å². The average molecular weight is 217 g/mol. The van der Waals surface area contributed by atoms with Gasteiger partial charge in [-0.2, -0.15) is 0 Å². The zero-order valence-electron chi connectivity index (χ0n) is 9.16. The average Bonchev–Trinajstić information content (AvgIpc) is 2.61. The third-order valence-electron chi connectivity index (χ3n) is 2.73. The highest BCUT2D eigenvalue weighted by Crippen LogP contribution is 2.20. The van der Waals surface area contributed by atoms with E-state index >= 15 is 0 Å². The standard InChI is InChI=1S/C12H15N3O/c1-7-2-3-11-9(4-7)8(6-15-11)5-10(13)12(14)16/h2-4,6,10,15H,5,13H2,1H3,(H2,14,16). The molecule has 4 heteroatoms. The molecule has 1 aromatic heterocycles. The van der Waals surface area contributed by atoms with Gasteiger partial charge >= 0.3 is 0 Å². The number of benzene rings is 1. The molecule has 0 radical (unpaired) electrons. The van der Waals surface area contributed by atoms with Gasteiger partial charge in [0.2, 0.25) is 5.91 Å². The summed E-state index contributed by atoms with van der Waals surface area (Å²) >= 11 is 0. The zero-order valence-corrected chi connectivity index (χ0v) is 9.16. The second-order valence-electron chi connectivity index (χ2n) is 4.08. The normalized spacial score (nSPS) is 12.9. The maximum Gasteiger partial charge on any atom is 0.234 e. The van der Waals surface area contributed by atoms with Gasteiger partial charge in [0.15, 0.2) is 0 Å². The van der Waals surface area contributed by atoms with Gasteiger partial charge in [-0.3, -0.25) is 4.79 Å². The lowest BCUT2D eigenvalue weighted by molar-refractivity contribution is -0.119. The monoisotopic (exact) mass is 217 g/mol. The van der Waals surface area contributed by atoms with Crippen LogP contribution in [0.5, 0.6) is 0 Å². The van der Waals surface area contributed by atoms with Crippen LogP contribution in [0, 0.1) is 6.92 Å². The number of aromatic amines is 1. The van der Waals surface area contributed by atoms with Crippen LogP contribution < -0.4 is 11.5 Å². The van der Waals surface area contributed by atoms with Crippen molar-refractivity contribution in [3.05, 3.63) is 35.5 Å². The molecule has 16 heavy (non-hydrogen) atoms. The largest absolute Gasteiger partial charge is 0.368 e. The summed E-state index contributed by atoms with van der Waals surface area (Å²) in [7, 11) is 0. The highest BCUT2D eigenvalue weighted by atomic mass is 16.1. The number of fused-ring (bicyclic) bond motifs is 1. The Morgan fingerprint density at radius 1 is 1.50 bits per heavy atom. The summed E-state index contributed by atoms with van der Waals surface area (Å²) in [6.07, 6.45) is 2.35. The summed E-state index contributed by atoms with van der Waals surface area (Å²) in [5.74, 6) is -0.470. The molecule has 0 saturated heterocycles. The third-order valence-corrected chi connectivity index (χ3v) is 2.73. The molecule has 0 spiro atoms. The van der Waals surface area contributed by atoms with E-state index in [1.807, 2.05) is 25.3 Å². The fourth-order valence-electron chi connectivity index (χ4n) is 1.80. The lowest BCUT2D eigenvalue weighted by atomic mass is 10.0. The van der Waals surface area contributed by atoms with Crippen molar-refractivity contribution in [3.8, 4) is 0 Å². The second-order valence-corrected chi connectivity index (χ2v) is 4.08. The van der Waals surface area contributed by atoms with Crippen LogP contribution in [0.4, 0.5) is 0 Å². The summed E-state index contributed by atoms with van der Waals surface area (Å²) in [4.78, 5) is 14.1. The molecule has 84 valence electrons. The lowest BCUT2D eigenvalue weighted by Gasteiger charge is -2.06. The van der Waals surface area contributed by atoms with E-state index in [-0.39, 0.29) is 0 Å². The van der Waals surface area contributed by atoms with Crippen molar-refractivity contribution in [1.29, 1.82) is 0 Å². The molecule has 0 bridgehead atoms. The summed E-state index contributed by atoms with van der Waals surface area (Å²) in [5, 5.41) is 1.11. The van der Waals surface area contributed by atoms with E-state index in [4.69, 9.17) is 11.5 Å². The Morgan fingerprint density at radius 3 is 2.94 bits per heavy atom. The maximum absolute atomic E-state index is 10.9. The summed E-state index contributed by atoms with van der Waals surface area (Å²) < 4.78 is 0. The molecule has 0 aliphatic rings. The van der Waals surface area contributed by atoms with Crippen LogP contribution in [-0.2, 0) is 11.2 Å². The maximum atomic E-state index is 10.9. The minimum atomic E-state index is -0.625. The van der Waals surface area contributed by atoms with E-state index < -0.39 is 11.9 Å². The minimum absolute atomic E-state index is 0.470. The van der Waals surface area contributed by atoms with E-state index in [0.717, 1.165) is 16.5 Å². The molecular formula is C12H15N3O. The number of H-pyrrole nitrogens is 1. The number of carbonyl (C=O) groups is 1. The first kappa shape index (κ1) is 10.7. The van der Waals surface area contributed by atoms with E-state index in [9.17, 15) is 4.79 Å². The predicted molar refractivity (Wildman–Crippen MR) is 63.9 cm³/mol. The minimum Gasteiger partial charge on any atom is -0.368 e. The fourth-order valence-corrected chi connectivity index (χ4v) is 1.80. The molecule has 1 aromatic carbocycles. The lowest BCUT2D eigenvalue weighted by Crippen LogP contribution is -2.38. The Labute approximate surface area is 93.6 Å². The van der Waals surface area contributed by atoms with Crippen LogP contribution in [0.3, 0.4) is 0 Å². The smallest absolute Gasteiger partial charge is 0.234 e. The van der Waals surface area contributed by atoms with Crippen molar-refractivity contribution >= 4 is 16.8 Å². The number of aryl methyl sites for hydroxylation is 1. The number of rotatable bonds is 3. The topological polar surface area (TPSA) is 84.9 Å². The molecule has 1 heterocycles. The first-order valence-electron chi connectivity index (χ1n) is 5.19. The van der Waals surface area contributed by atoms with Gasteiger partial charge in [-0.05, 0) is 31.0 Å². The van der Waals surface area contributed by atoms with Gasteiger partial charge in [0.05, 0.1) is 6.04 Å². The molecule has 0 aliphatic carbocycles. The highest BCUT2D eigenvalue weighted by Gasteiger charge is 2.12. The Bertz CT molecular complexity index is 530. The molecule has 5 N–H and O–H groups in total. The zero-order chi connectivity index (χ0) is 11.7. The van der Waals surface area contributed by atoms with Gasteiger partial charge in [-0.1, -0.05) is 11.6 Å². The number of hydrogen-bond donors (Lipinski definition) is 3. The molecule has 0 aliphatic heterocycles. The number of nitrogens with two attached hydrogens (primary N) is 2. The van der Waals surface area contributed by atoms with Gasteiger partial charge in [-0.25, -0.2) is 0 Å². The SMILES string of the molecule is Cc1ccc2[nH]cc(CC(N)C(N)=O)c2c1. The number of carbonyl (C=O) groups excluding carboxylic acids is 1. The number of primary amides is 1. The van der Waals surface area contributed by atoms with Crippen molar-refractivity contribution in [2.75, 3.05) is 0 Å². The van der Waals surface area contributed by atoms with Crippen LogP contribution in [0.15, 0.2) is 24.4 Å². The number of nitrogens with one attached hydrogen (secondary N) is 1.